The smallest absolute Gasteiger partial charge is 0.274 e. The van der Waals surface area contributed by atoms with Crippen LogP contribution >= 0.6 is 0 Å². The molecule has 1 aromatic rings. The van der Waals surface area contributed by atoms with Gasteiger partial charge >= 0.3 is 0 Å². The second-order valence-electron chi connectivity index (χ2n) is 7.74. The molecule has 2 aliphatic rings. The highest BCUT2D eigenvalue weighted by Crippen LogP contribution is 2.38. The maximum absolute atomic E-state index is 14.5. The molecule has 2 unspecified atom stereocenters. The largest absolute Gasteiger partial charge is 0.346 e. The first kappa shape index (κ1) is 19.8. The highest BCUT2D eigenvalue weighted by Gasteiger charge is 2.37. The molecule has 0 bridgehead atoms. The summed E-state index contributed by atoms with van der Waals surface area (Å²) in [7, 11) is 1.83. The Hall–Kier alpha value is -1.99. The number of nitrogens with one attached hydrogen (secondary N) is 1. The lowest BCUT2D eigenvalue weighted by Crippen LogP contribution is -2.49. The van der Waals surface area contributed by atoms with Crippen LogP contribution in [0, 0.1) is 11.7 Å². The molecule has 27 heavy (non-hydrogen) atoms. The van der Waals surface area contributed by atoms with E-state index in [-0.39, 0.29) is 17.3 Å². The zero-order valence-electron chi connectivity index (χ0n) is 16.0. The zero-order chi connectivity index (χ0) is 19.6. The fraction of sp³-hybridized carbons (Fsp3) is 0.600. The van der Waals surface area contributed by atoms with Gasteiger partial charge in [-0.1, -0.05) is 0 Å². The van der Waals surface area contributed by atoms with Crippen LogP contribution in [0.2, 0.25) is 0 Å². The number of hydrogen-bond acceptors (Lipinski definition) is 4. The van der Waals surface area contributed by atoms with Crippen LogP contribution in [0.4, 0.5) is 4.39 Å². The molecule has 3 rings (SSSR count). The van der Waals surface area contributed by atoms with Gasteiger partial charge in [0.15, 0.2) is 0 Å². The first-order chi connectivity index (χ1) is 12.9. The lowest BCUT2D eigenvalue weighted by molar-refractivity contribution is -0.127. The molecular weight excluding hydrogens is 349 g/mol. The molecule has 1 aliphatic carbocycles. The molecular formula is C20H28FN3O3. The van der Waals surface area contributed by atoms with Crippen molar-refractivity contribution in [2.45, 2.75) is 51.6 Å². The van der Waals surface area contributed by atoms with E-state index in [9.17, 15) is 14.0 Å². The highest BCUT2D eigenvalue weighted by atomic mass is 19.1. The number of amides is 2. The average molecular weight is 377 g/mol. The molecule has 6 nitrogen and oxygen atoms in total. The van der Waals surface area contributed by atoms with Crippen molar-refractivity contribution in [2.75, 3.05) is 20.1 Å². The van der Waals surface area contributed by atoms with Crippen LogP contribution in [-0.4, -0.2) is 53.0 Å². The highest BCUT2D eigenvalue weighted by molar-refractivity contribution is 5.93. The second kappa shape index (κ2) is 8.35. The number of nitrogens with zero attached hydrogens (tertiary/aromatic N) is 2. The fourth-order valence-electron chi connectivity index (χ4n) is 4.24. The number of benzene rings is 1. The normalized spacial score (nSPS) is 21.9. The topological polar surface area (TPSA) is 72.9 Å². The molecule has 0 radical (unpaired) electrons. The first-order valence-electron chi connectivity index (χ1n) is 9.62. The lowest BCUT2D eigenvalue weighted by Gasteiger charge is -2.46. The first-order valence-corrected chi connectivity index (χ1v) is 9.62. The molecule has 148 valence electrons. The molecule has 1 aliphatic heterocycles. The lowest BCUT2D eigenvalue weighted by atomic mass is 9.75. The molecule has 0 spiro atoms. The summed E-state index contributed by atoms with van der Waals surface area (Å²) in [6.07, 6.45) is 5.11. The van der Waals surface area contributed by atoms with Gasteiger partial charge in [-0.2, -0.15) is 0 Å². The van der Waals surface area contributed by atoms with Crippen molar-refractivity contribution in [3.05, 3.63) is 34.6 Å². The molecule has 2 atom stereocenters. The summed E-state index contributed by atoms with van der Waals surface area (Å²) in [6, 6.07) is 3.35. The van der Waals surface area contributed by atoms with Gasteiger partial charge in [0.1, 0.15) is 5.82 Å². The van der Waals surface area contributed by atoms with Gasteiger partial charge in [-0.25, -0.2) is 9.87 Å². The van der Waals surface area contributed by atoms with E-state index in [4.69, 9.17) is 5.21 Å². The fourth-order valence-corrected chi connectivity index (χ4v) is 4.24. The minimum atomic E-state index is -0.686. The third kappa shape index (κ3) is 4.30. The van der Waals surface area contributed by atoms with E-state index in [1.165, 1.54) is 12.5 Å². The molecule has 1 fully saturated rings. The van der Waals surface area contributed by atoms with Crippen LogP contribution in [0.25, 0.3) is 0 Å². The number of hydrogen-bond donors (Lipinski definition) is 2. The summed E-state index contributed by atoms with van der Waals surface area (Å²) in [6.45, 7) is 3.79. The number of fused-ring (bicyclic) bond motifs is 1. The SMILES string of the molecule is CC(=O)N(C)CCCC1CCC1N1CCc2cc(C(=O)NO)cc(F)c2C1. The quantitative estimate of drug-likeness (QED) is 0.590. The summed E-state index contributed by atoms with van der Waals surface area (Å²) in [5.74, 6) is -0.365. The van der Waals surface area contributed by atoms with Gasteiger partial charge in [0.2, 0.25) is 5.91 Å². The Morgan fingerprint density at radius 3 is 2.78 bits per heavy atom. The van der Waals surface area contributed by atoms with Crippen molar-refractivity contribution in [3.8, 4) is 0 Å². The minimum Gasteiger partial charge on any atom is -0.346 e. The van der Waals surface area contributed by atoms with Crippen molar-refractivity contribution in [1.29, 1.82) is 0 Å². The standard InChI is InChI=1S/C20H28FN3O3/c1-13(25)23(2)8-3-4-14-5-6-19(14)24-9-7-15-10-16(20(26)22-27)11-18(21)17(15)12-24/h10-11,14,19,27H,3-9,12H2,1-2H3,(H,22,26). The zero-order valence-corrected chi connectivity index (χ0v) is 16.0. The molecule has 0 saturated heterocycles. The monoisotopic (exact) mass is 377 g/mol. The molecule has 1 heterocycles. The number of carbonyl (C=O) groups excluding carboxylic acids is 2. The van der Waals surface area contributed by atoms with E-state index in [1.807, 2.05) is 7.05 Å². The van der Waals surface area contributed by atoms with Gasteiger partial charge in [0, 0.05) is 50.8 Å². The maximum Gasteiger partial charge on any atom is 0.274 e. The van der Waals surface area contributed by atoms with E-state index in [0.717, 1.165) is 37.9 Å². The average Bonchev–Trinajstić information content (AvgIpc) is 2.63. The van der Waals surface area contributed by atoms with Crippen LogP contribution < -0.4 is 5.48 Å². The molecule has 0 aromatic heterocycles. The number of rotatable bonds is 6. The molecule has 2 N–H and O–H groups in total. The van der Waals surface area contributed by atoms with Crippen LogP contribution in [0.1, 0.15) is 54.1 Å². The van der Waals surface area contributed by atoms with E-state index >= 15 is 0 Å². The van der Waals surface area contributed by atoms with Crippen LogP contribution in [0.3, 0.4) is 0 Å². The second-order valence-corrected chi connectivity index (χ2v) is 7.74. The molecule has 1 saturated carbocycles. The summed E-state index contributed by atoms with van der Waals surface area (Å²) in [5.41, 5.74) is 3.23. The van der Waals surface area contributed by atoms with E-state index in [1.54, 1.807) is 23.4 Å². The molecule has 7 heteroatoms. The summed E-state index contributed by atoms with van der Waals surface area (Å²) < 4.78 is 14.5. The van der Waals surface area contributed by atoms with Gasteiger partial charge in [0.25, 0.3) is 5.91 Å². The van der Waals surface area contributed by atoms with Gasteiger partial charge in [0.05, 0.1) is 0 Å². The minimum absolute atomic E-state index is 0.0949. The number of hydroxylamine groups is 1. The van der Waals surface area contributed by atoms with Crippen LogP contribution in [0.15, 0.2) is 12.1 Å². The Morgan fingerprint density at radius 1 is 1.37 bits per heavy atom. The third-order valence-corrected chi connectivity index (χ3v) is 6.13. The molecule has 2 amide bonds. The number of halogens is 1. The predicted molar refractivity (Wildman–Crippen MR) is 98.8 cm³/mol. The van der Waals surface area contributed by atoms with Crippen molar-refractivity contribution >= 4 is 11.8 Å². The molecule has 1 aromatic carbocycles. The van der Waals surface area contributed by atoms with E-state index < -0.39 is 5.91 Å². The van der Waals surface area contributed by atoms with Gasteiger partial charge < -0.3 is 4.90 Å². The Morgan fingerprint density at radius 2 is 2.15 bits per heavy atom. The van der Waals surface area contributed by atoms with Crippen LogP contribution in [-0.2, 0) is 17.8 Å². The Bertz CT molecular complexity index is 725. The Labute approximate surface area is 159 Å². The predicted octanol–water partition coefficient (Wildman–Crippen LogP) is 2.34. The van der Waals surface area contributed by atoms with Crippen molar-refractivity contribution < 1.29 is 19.2 Å². The van der Waals surface area contributed by atoms with Crippen LogP contribution in [0.5, 0.6) is 0 Å². The van der Waals surface area contributed by atoms with E-state index in [0.29, 0.717) is 30.5 Å². The summed E-state index contributed by atoms with van der Waals surface area (Å²) >= 11 is 0. The van der Waals surface area contributed by atoms with Crippen molar-refractivity contribution in [3.63, 3.8) is 0 Å². The summed E-state index contributed by atoms with van der Waals surface area (Å²) in [5, 5.41) is 8.75. The maximum atomic E-state index is 14.5. The Balaban J connectivity index is 1.59. The van der Waals surface area contributed by atoms with Gasteiger partial charge in [-0.15, -0.1) is 0 Å². The van der Waals surface area contributed by atoms with Gasteiger partial charge in [-0.3, -0.25) is 19.7 Å². The van der Waals surface area contributed by atoms with Crippen molar-refractivity contribution in [1.82, 2.24) is 15.3 Å². The van der Waals surface area contributed by atoms with Gasteiger partial charge in [-0.05, 0) is 55.7 Å². The number of carbonyl (C=O) groups is 2. The summed E-state index contributed by atoms with van der Waals surface area (Å²) in [4.78, 5) is 27.0. The third-order valence-electron chi connectivity index (χ3n) is 6.13. The van der Waals surface area contributed by atoms with E-state index in [2.05, 4.69) is 4.90 Å². The van der Waals surface area contributed by atoms with Crippen molar-refractivity contribution in [2.24, 2.45) is 5.92 Å². The Kier molecular flexibility index (Phi) is 6.11.